The number of ether oxygens (including phenoxy) is 4. The van der Waals surface area contributed by atoms with Gasteiger partial charge in [0.25, 0.3) is 0 Å². The quantitative estimate of drug-likeness (QED) is 0.114. The molecule has 0 amide bonds. The topological polar surface area (TPSA) is 102 Å². The average Bonchev–Trinajstić information content (AvgIpc) is 3.52. The molecule has 0 aliphatic carbocycles. The van der Waals surface area contributed by atoms with Crippen molar-refractivity contribution in [2.24, 2.45) is 23.5 Å². The average molecular weight is 648 g/mol. The second-order valence-electron chi connectivity index (χ2n) is 14.4. The Hall–Kier alpha value is -2.01. The lowest BCUT2D eigenvalue weighted by Crippen LogP contribution is -2.48. The molecule has 2 aromatic rings. The van der Waals surface area contributed by atoms with E-state index in [1.807, 2.05) is 30.3 Å². The van der Waals surface area contributed by atoms with Crippen LogP contribution >= 0.6 is 0 Å². The Kier molecular flexibility index (Phi) is 16.0. The van der Waals surface area contributed by atoms with Crippen LogP contribution in [-0.2, 0) is 30.0 Å². The van der Waals surface area contributed by atoms with Crippen LogP contribution in [0.25, 0.3) is 0 Å². The Morgan fingerprint density at radius 1 is 0.911 bits per heavy atom. The van der Waals surface area contributed by atoms with Crippen LogP contribution in [0.4, 0.5) is 0 Å². The van der Waals surface area contributed by atoms with E-state index in [9.17, 15) is 4.79 Å². The summed E-state index contributed by atoms with van der Waals surface area (Å²) in [6.07, 6.45) is 2.45. The van der Waals surface area contributed by atoms with Gasteiger partial charge in [0.05, 0.1) is 31.7 Å². The molecule has 0 fully saturated rings. The van der Waals surface area contributed by atoms with Gasteiger partial charge in [-0.05, 0) is 54.6 Å². The molecule has 0 saturated heterocycles. The molecule has 0 saturated carbocycles. The predicted octanol–water partition coefficient (Wildman–Crippen LogP) is 7.87. The van der Waals surface area contributed by atoms with E-state index < -0.39 is 20.4 Å². The predicted molar refractivity (Wildman–Crippen MR) is 183 cm³/mol. The summed E-state index contributed by atoms with van der Waals surface area (Å²) < 4.78 is 36.2. The number of hydrogen-bond acceptors (Lipinski definition) is 8. The minimum Gasteiger partial charge on any atom is -0.457 e. The van der Waals surface area contributed by atoms with Crippen molar-refractivity contribution in [3.8, 4) is 0 Å². The Morgan fingerprint density at radius 2 is 1.58 bits per heavy atom. The first-order chi connectivity index (χ1) is 21.1. The van der Waals surface area contributed by atoms with E-state index in [0.29, 0.717) is 38.4 Å². The number of esters is 1. The van der Waals surface area contributed by atoms with Crippen LogP contribution in [0.15, 0.2) is 53.1 Å². The molecule has 0 radical (unpaired) electrons. The molecule has 45 heavy (non-hydrogen) atoms. The minimum absolute atomic E-state index is 0.0306. The van der Waals surface area contributed by atoms with Gasteiger partial charge in [0, 0.05) is 44.6 Å². The van der Waals surface area contributed by atoms with Crippen molar-refractivity contribution in [2.75, 3.05) is 20.8 Å². The van der Waals surface area contributed by atoms with Crippen LogP contribution in [0.3, 0.4) is 0 Å². The molecular weight excluding hydrogens is 586 g/mol. The summed E-state index contributed by atoms with van der Waals surface area (Å²) in [4.78, 5) is 13.0. The Balaban J connectivity index is 2.14. The minimum atomic E-state index is -1.99. The van der Waals surface area contributed by atoms with Gasteiger partial charge in [0.1, 0.15) is 6.10 Å². The summed E-state index contributed by atoms with van der Waals surface area (Å²) in [7, 11) is 1.42. The van der Waals surface area contributed by atoms with Gasteiger partial charge in [-0.25, -0.2) is 4.79 Å². The van der Waals surface area contributed by atoms with Crippen LogP contribution in [-0.4, -0.2) is 65.6 Å². The number of benzene rings is 1. The number of nitrogens with two attached hydrogens (primary N) is 1. The van der Waals surface area contributed by atoms with Crippen LogP contribution in [0.1, 0.15) is 83.8 Å². The normalized spacial score (nSPS) is 17.4. The van der Waals surface area contributed by atoms with Crippen molar-refractivity contribution in [3.05, 3.63) is 60.1 Å². The second kappa shape index (κ2) is 18.4. The maximum absolute atomic E-state index is 13.0. The maximum Gasteiger partial charge on any atom is 0.374 e. The second-order valence-corrected chi connectivity index (χ2v) is 19.1. The lowest BCUT2D eigenvalue weighted by molar-refractivity contribution is -0.0681. The van der Waals surface area contributed by atoms with E-state index in [1.54, 1.807) is 26.4 Å². The number of rotatable bonds is 20. The lowest BCUT2D eigenvalue weighted by Gasteiger charge is -2.41. The molecule has 1 aromatic heterocycles. The van der Waals surface area contributed by atoms with Crippen molar-refractivity contribution < 1.29 is 32.6 Å². The van der Waals surface area contributed by atoms with Crippen LogP contribution in [0.5, 0.6) is 0 Å². The number of furan rings is 1. The SMILES string of the molecule is CO[C@@H]([C@@H](C)[C@@H](CC[C@H](N)[C@H](C[C@H](O[Si](C)(C)C(C)(C)C)C(C)C)OC)OC(=O)c1ccco1)[C@H](C)COCc1ccccc1. The molecule has 0 bridgehead atoms. The summed E-state index contributed by atoms with van der Waals surface area (Å²) in [5, 5.41) is 0.105. The maximum atomic E-state index is 13.0. The van der Waals surface area contributed by atoms with Gasteiger partial charge < -0.3 is 33.5 Å². The molecule has 256 valence electrons. The van der Waals surface area contributed by atoms with Crippen molar-refractivity contribution in [3.63, 3.8) is 0 Å². The molecule has 8 nitrogen and oxygen atoms in total. The molecule has 1 heterocycles. The van der Waals surface area contributed by atoms with Crippen LogP contribution in [0, 0.1) is 17.8 Å². The van der Waals surface area contributed by atoms with E-state index >= 15 is 0 Å². The van der Waals surface area contributed by atoms with Gasteiger partial charge in [0.15, 0.2) is 8.32 Å². The molecule has 1 aromatic carbocycles. The van der Waals surface area contributed by atoms with Crippen LogP contribution in [0.2, 0.25) is 18.1 Å². The highest BCUT2D eigenvalue weighted by Gasteiger charge is 2.41. The molecular formula is C36H61NO7Si. The van der Waals surface area contributed by atoms with Gasteiger partial charge in [-0.1, -0.05) is 78.8 Å². The Labute approximate surface area is 273 Å². The Bertz CT molecular complexity index is 1090. The first kappa shape index (κ1) is 39.2. The van der Waals surface area contributed by atoms with Crippen molar-refractivity contribution >= 4 is 14.3 Å². The number of hydrogen-bond donors (Lipinski definition) is 1. The fourth-order valence-corrected chi connectivity index (χ4v) is 6.94. The van der Waals surface area contributed by atoms with Crippen molar-refractivity contribution in [2.45, 2.75) is 123 Å². The molecule has 0 aliphatic rings. The van der Waals surface area contributed by atoms with Gasteiger partial charge in [-0.2, -0.15) is 0 Å². The van der Waals surface area contributed by atoms with E-state index in [2.05, 4.69) is 61.6 Å². The number of methoxy groups -OCH3 is 2. The monoisotopic (exact) mass is 647 g/mol. The highest BCUT2D eigenvalue weighted by atomic mass is 28.4. The van der Waals surface area contributed by atoms with Crippen molar-refractivity contribution in [1.82, 2.24) is 0 Å². The van der Waals surface area contributed by atoms with E-state index in [-0.39, 0.29) is 47.0 Å². The molecule has 2 N–H and O–H groups in total. The highest BCUT2D eigenvalue weighted by Crippen LogP contribution is 2.39. The molecule has 7 atom stereocenters. The summed E-state index contributed by atoms with van der Waals surface area (Å²) >= 11 is 0. The summed E-state index contributed by atoms with van der Waals surface area (Å²) in [6.45, 7) is 20.9. The van der Waals surface area contributed by atoms with E-state index in [4.69, 9.17) is 33.5 Å². The fraction of sp³-hybridized carbons (Fsp3) is 0.694. The van der Waals surface area contributed by atoms with Gasteiger partial charge in [-0.15, -0.1) is 0 Å². The van der Waals surface area contributed by atoms with E-state index in [0.717, 1.165) is 5.56 Å². The smallest absolute Gasteiger partial charge is 0.374 e. The first-order valence-electron chi connectivity index (χ1n) is 16.5. The van der Waals surface area contributed by atoms with Gasteiger partial charge in [-0.3, -0.25) is 0 Å². The van der Waals surface area contributed by atoms with Crippen LogP contribution < -0.4 is 5.73 Å². The third kappa shape index (κ3) is 12.3. The Morgan fingerprint density at radius 3 is 2.11 bits per heavy atom. The standard InChI is InChI=1S/C36H61NO7Si/c1-25(2)32(44-45(10,11)36(5,6)7)22-33(39-8)29(37)19-20-30(43-35(38)31-18-15-21-42-31)27(4)34(40-9)26(3)23-41-24-28-16-13-12-14-17-28/h12-18,21,25-27,29-30,32-34H,19-20,22-24,37H2,1-11H3/t26-,27+,29+,30-,32+,33+,34-/m1/s1. The number of carbonyl (C=O) groups excluding carboxylic acids is 1. The molecule has 0 aliphatic heterocycles. The molecule has 2 rings (SSSR count). The van der Waals surface area contributed by atoms with Gasteiger partial charge >= 0.3 is 5.97 Å². The zero-order valence-corrected chi connectivity index (χ0v) is 30.7. The van der Waals surface area contributed by atoms with Crippen molar-refractivity contribution in [1.29, 1.82) is 0 Å². The molecule has 9 heteroatoms. The largest absolute Gasteiger partial charge is 0.457 e. The molecule has 0 unspecified atom stereocenters. The third-order valence-corrected chi connectivity index (χ3v) is 13.9. The first-order valence-corrected chi connectivity index (χ1v) is 19.4. The molecule has 0 spiro atoms. The lowest BCUT2D eigenvalue weighted by atomic mass is 9.86. The summed E-state index contributed by atoms with van der Waals surface area (Å²) in [5.41, 5.74) is 7.93. The third-order valence-electron chi connectivity index (χ3n) is 9.44. The van der Waals surface area contributed by atoms with Gasteiger partial charge in [0.2, 0.25) is 5.76 Å². The zero-order valence-electron chi connectivity index (χ0n) is 29.7. The number of carbonyl (C=O) groups is 1. The highest BCUT2D eigenvalue weighted by molar-refractivity contribution is 6.74. The summed E-state index contributed by atoms with van der Waals surface area (Å²) in [6, 6.07) is 13.1. The zero-order chi connectivity index (χ0) is 33.8. The fourth-order valence-electron chi connectivity index (χ4n) is 5.46. The summed E-state index contributed by atoms with van der Waals surface area (Å²) in [5.74, 6) is -0.0961. The van der Waals surface area contributed by atoms with E-state index in [1.165, 1.54) is 6.26 Å².